The van der Waals surface area contributed by atoms with Crippen LogP contribution < -0.4 is 11.2 Å². The molecule has 1 saturated heterocycles. The van der Waals surface area contributed by atoms with Crippen molar-refractivity contribution >= 4 is 16.8 Å². The van der Waals surface area contributed by atoms with Crippen molar-refractivity contribution in [2.45, 2.75) is 38.8 Å². The fourth-order valence-electron chi connectivity index (χ4n) is 4.92. The molecule has 2 aromatic carbocycles. The molecule has 1 saturated carbocycles. The number of para-hydroxylation sites is 1. The minimum atomic E-state index is -0.569. The predicted octanol–water partition coefficient (Wildman–Crippen LogP) is 2.82. The molecule has 1 atom stereocenters. The Hall–Kier alpha value is -3.26. The number of fused-ring (bicyclic) bond motifs is 1. The number of H-pyrrole nitrogens is 1. The number of piperazine rings is 1. The minimum Gasteiger partial charge on any atom is -0.336 e. The molecule has 1 N–H and O–H groups in total. The number of aromatic nitrogens is 2. The van der Waals surface area contributed by atoms with Crippen LogP contribution in [0.4, 0.5) is 4.39 Å². The average Bonchev–Trinajstić information content (AvgIpc) is 3.66. The highest BCUT2D eigenvalue weighted by Crippen LogP contribution is 2.31. The highest BCUT2D eigenvalue weighted by atomic mass is 19.1. The van der Waals surface area contributed by atoms with E-state index in [1.165, 1.54) is 29.5 Å². The molecule has 1 aliphatic heterocycles. The zero-order valence-corrected chi connectivity index (χ0v) is 19.3. The predicted molar refractivity (Wildman–Crippen MR) is 129 cm³/mol. The third kappa shape index (κ3) is 4.42. The van der Waals surface area contributed by atoms with Crippen molar-refractivity contribution in [2.24, 2.45) is 5.92 Å². The van der Waals surface area contributed by atoms with Crippen LogP contribution in [-0.2, 0) is 6.54 Å². The molecule has 3 aromatic rings. The maximum absolute atomic E-state index is 14.8. The number of rotatable bonds is 6. The summed E-state index contributed by atoms with van der Waals surface area (Å²) in [5.41, 5.74) is 0.135. The van der Waals surface area contributed by atoms with Crippen LogP contribution in [0.5, 0.6) is 0 Å². The molecule has 34 heavy (non-hydrogen) atoms. The lowest BCUT2D eigenvalue weighted by Gasteiger charge is -2.41. The number of carbonyl (C=O) groups is 1. The zero-order valence-electron chi connectivity index (χ0n) is 19.3. The molecule has 0 bridgehead atoms. The first-order valence-corrected chi connectivity index (χ1v) is 12.0. The number of nitrogens with zero attached hydrogens (tertiary/aromatic N) is 3. The first-order chi connectivity index (χ1) is 16.4. The largest absolute Gasteiger partial charge is 0.336 e. The summed E-state index contributed by atoms with van der Waals surface area (Å²) in [5, 5.41) is 0.398. The fraction of sp³-hybridized carbons (Fsp3) is 0.423. The summed E-state index contributed by atoms with van der Waals surface area (Å²) in [5.74, 6) is -0.0960. The molecule has 7 nitrogen and oxygen atoms in total. The Morgan fingerprint density at radius 2 is 1.91 bits per heavy atom. The van der Waals surface area contributed by atoms with Gasteiger partial charge < -0.3 is 4.90 Å². The van der Waals surface area contributed by atoms with Crippen molar-refractivity contribution in [2.75, 3.05) is 26.2 Å². The summed E-state index contributed by atoms with van der Waals surface area (Å²) in [6.45, 7) is 5.31. The second kappa shape index (κ2) is 9.18. The summed E-state index contributed by atoms with van der Waals surface area (Å²) in [4.78, 5) is 44.5. The number of aromatic amines is 1. The van der Waals surface area contributed by atoms with Crippen LogP contribution >= 0.6 is 0 Å². The van der Waals surface area contributed by atoms with Crippen LogP contribution in [0.15, 0.2) is 52.1 Å². The molecule has 178 valence electrons. The van der Waals surface area contributed by atoms with Crippen molar-refractivity contribution in [3.8, 4) is 0 Å². The van der Waals surface area contributed by atoms with Gasteiger partial charge in [0.25, 0.3) is 11.5 Å². The molecule has 5 rings (SSSR count). The Labute approximate surface area is 196 Å². The van der Waals surface area contributed by atoms with Gasteiger partial charge in [0.1, 0.15) is 5.82 Å². The van der Waals surface area contributed by atoms with Gasteiger partial charge in [-0.3, -0.25) is 24.0 Å². The number of amides is 1. The molecule has 8 heteroatoms. The summed E-state index contributed by atoms with van der Waals surface area (Å²) < 4.78 is 16.2. The van der Waals surface area contributed by atoms with Crippen LogP contribution in [0.3, 0.4) is 0 Å². The van der Waals surface area contributed by atoms with E-state index in [1.807, 2.05) is 0 Å². The van der Waals surface area contributed by atoms with Gasteiger partial charge in [0.05, 0.1) is 23.0 Å². The van der Waals surface area contributed by atoms with Gasteiger partial charge in [0, 0.05) is 32.2 Å². The number of nitrogens with one attached hydrogen (secondary N) is 1. The molecule has 2 heterocycles. The van der Waals surface area contributed by atoms with Crippen molar-refractivity contribution < 1.29 is 9.18 Å². The molecule has 0 radical (unpaired) electrons. The Balaban J connectivity index is 1.39. The van der Waals surface area contributed by atoms with Gasteiger partial charge in [0.2, 0.25) is 0 Å². The van der Waals surface area contributed by atoms with Gasteiger partial charge in [-0.1, -0.05) is 25.1 Å². The van der Waals surface area contributed by atoms with E-state index in [0.29, 0.717) is 29.6 Å². The SMILES string of the molecule is CCC1CN(C(=O)c2cc(Cn3c(=O)[nH]c(=O)c4ccccc43)ccc2F)CCN1CC1CC1. The minimum absolute atomic E-state index is 0.0183. The first kappa shape index (κ1) is 22.5. The molecule has 2 aliphatic rings. The maximum atomic E-state index is 14.8. The number of benzene rings is 2. The number of halogens is 1. The molecule has 2 fully saturated rings. The van der Waals surface area contributed by atoms with E-state index in [0.717, 1.165) is 25.4 Å². The van der Waals surface area contributed by atoms with E-state index in [9.17, 15) is 18.8 Å². The summed E-state index contributed by atoms with van der Waals surface area (Å²) >= 11 is 0. The molecule has 1 aliphatic carbocycles. The Morgan fingerprint density at radius 3 is 2.68 bits per heavy atom. The van der Waals surface area contributed by atoms with E-state index < -0.39 is 17.1 Å². The van der Waals surface area contributed by atoms with Crippen LogP contribution in [0.2, 0.25) is 0 Å². The second-order valence-electron chi connectivity index (χ2n) is 9.43. The monoisotopic (exact) mass is 464 g/mol. The molecule has 1 unspecified atom stereocenters. The van der Waals surface area contributed by atoms with E-state index in [-0.39, 0.29) is 24.1 Å². The quantitative estimate of drug-likeness (QED) is 0.609. The zero-order chi connectivity index (χ0) is 23.8. The van der Waals surface area contributed by atoms with Crippen LogP contribution in [0.1, 0.15) is 42.1 Å². The summed E-state index contributed by atoms with van der Waals surface area (Å²) in [6, 6.07) is 11.5. The molecule has 0 spiro atoms. The topological polar surface area (TPSA) is 78.4 Å². The second-order valence-corrected chi connectivity index (χ2v) is 9.43. The fourth-order valence-corrected chi connectivity index (χ4v) is 4.92. The van der Waals surface area contributed by atoms with E-state index in [2.05, 4.69) is 16.8 Å². The normalized spacial score (nSPS) is 19.0. The Bertz CT molecular complexity index is 1340. The molecular formula is C26H29FN4O3. The van der Waals surface area contributed by atoms with Gasteiger partial charge >= 0.3 is 5.69 Å². The number of carbonyl (C=O) groups excluding carboxylic acids is 1. The summed E-state index contributed by atoms with van der Waals surface area (Å²) in [6.07, 6.45) is 3.53. The van der Waals surface area contributed by atoms with Gasteiger partial charge in [-0.05, 0) is 55.0 Å². The smallest absolute Gasteiger partial charge is 0.329 e. The van der Waals surface area contributed by atoms with E-state index in [1.54, 1.807) is 35.2 Å². The Kier molecular flexibility index (Phi) is 6.08. The van der Waals surface area contributed by atoms with Crippen LogP contribution in [0, 0.1) is 11.7 Å². The molecule has 1 amide bonds. The number of hydrogen-bond donors (Lipinski definition) is 1. The average molecular weight is 465 g/mol. The number of hydrogen-bond acceptors (Lipinski definition) is 4. The molecular weight excluding hydrogens is 435 g/mol. The lowest BCUT2D eigenvalue weighted by atomic mass is 10.0. The van der Waals surface area contributed by atoms with Crippen molar-refractivity contribution in [1.82, 2.24) is 19.4 Å². The van der Waals surface area contributed by atoms with Crippen molar-refractivity contribution in [3.05, 3.63) is 80.2 Å². The standard InChI is InChI=1S/C26H29FN4O3/c1-2-19-16-30(12-11-29(19)14-17-7-8-17)25(33)21-13-18(9-10-22(21)27)15-31-23-6-4-3-5-20(23)24(32)28-26(31)34/h3-6,9-10,13,17,19H,2,7-8,11-12,14-16H2,1H3,(H,28,32,34). The lowest BCUT2D eigenvalue weighted by molar-refractivity contribution is 0.0457. The highest BCUT2D eigenvalue weighted by molar-refractivity contribution is 5.94. The lowest BCUT2D eigenvalue weighted by Crippen LogP contribution is -2.55. The van der Waals surface area contributed by atoms with Gasteiger partial charge in [-0.15, -0.1) is 0 Å². The van der Waals surface area contributed by atoms with Crippen molar-refractivity contribution in [3.63, 3.8) is 0 Å². The van der Waals surface area contributed by atoms with Crippen LogP contribution in [-0.4, -0.2) is 57.5 Å². The highest BCUT2D eigenvalue weighted by Gasteiger charge is 2.33. The third-order valence-corrected chi connectivity index (χ3v) is 7.06. The van der Waals surface area contributed by atoms with Gasteiger partial charge in [0.15, 0.2) is 0 Å². The van der Waals surface area contributed by atoms with Gasteiger partial charge in [-0.25, -0.2) is 9.18 Å². The molecule has 1 aromatic heterocycles. The van der Waals surface area contributed by atoms with Gasteiger partial charge in [-0.2, -0.15) is 0 Å². The van der Waals surface area contributed by atoms with Crippen molar-refractivity contribution in [1.29, 1.82) is 0 Å². The third-order valence-electron chi connectivity index (χ3n) is 7.06. The first-order valence-electron chi connectivity index (χ1n) is 12.0. The Morgan fingerprint density at radius 1 is 1.12 bits per heavy atom. The van der Waals surface area contributed by atoms with E-state index >= 15 is 0 Å². The maximum Gasteiger partial charge on any atom is 0.329 e. The van der Waals surface area contributed by atoms with Crippen LogP contribution in [0.25, 0.3) is 10.9 Å². The summed E-state index contributed by atoms with van der Waals surface area (Å²) in [7, 11) is 0. The van der Waals surface area contributed by atoms with E-state index in [4.69, 9.17) is 0 Å².